The van der Waals surface area contributed by atoms with E-state index in [1.807, 2.05) is 32.9 Å². The van der Waals surface area contributed by atoms with Gasteiger partial charge in [0, 0.05) is 13.1 Å². The maximum Gasteiger partial charge on any atom is 0.119 e. The van der Waals surface area contributed by atoms with Crippen LogP contribution < -0.4 is 4.74 Å². The largest absolute Gasteiger partial charge is 0.494 e. The molecule has 0 aromatic heterocycles. The van der Waals surface area contributed by atoms with Crippen molar-refractivity contribution < 1.29 is 4.74 Å². The smallest absolute Gasteiger partial charge is 0.119 e. The number of ether oxygens (including phenoxy) is 1. The van der Waals surface area contributed by atoms with E-state index in [1.165, 1.54) is 5.56 Å². The van der Waals surface area contributed by atoms with Crippen molar-refractivity contribution in [3.63, 3.8) is 0 Å². The fourth-order valence-corrected chi connectivity index (χ4v) is 2.03. The van der Waals surface area contributed by atoms with E-state index in [0.717, 1.165) is 25.3 Å². The van der Waals surface area contributed by atoms with Crippen LogP contribution in [0.2, 0.25) is 0 Å². The van der Waals surface area contributed by atoms with E-state index in [0.29, 0.717) is 6.61 Å². The first-order valence-corrected chi connectivity index (χ1v) is 6.78. The van der Waals surface area contributed by atoms with Crippen LogP contribution in [0.5, 0.6) is 5.75 Å². The quantitative estimate of drug-likeness (QED) is 0.756. The van der Waals surface area contributed by atoms with Gasteiger partial charge in [-0.05, 0) is 51.9 Å². The van der Waals surface area contributed by atoms with Gasteiger partial charge in [0.05, 0.1) is 18.1 Å². The van der Waals surface area contributed by atoms with Crippen molar-refractivity contribution in [2.45, 2.75) is 27.2 Å². The number of rotatable bonds is 7. The number of hydrogen-bond donors (Lipinski definition) is 0. The van der Waals surface area contributed by atoms with Crippen molar-refractivity contribution in [1.29, 1.82) is 5.26 Å². The Morgan fingerprint density at radius 2 is 1.89 bits per heavy atom. The highest BCUT2D eigenvalue weighted by molar-refractivity contribution is 5.27. The number of likely N-dealkylation sites (N-methyl/N-ethyl adjacent to an activating group) is 1. The van der Waals surface area contributed by atoms with Crippen molar-refractivity contribution in [2.24, 2.45) is 5.41 Å². The second kappa shape index (κ2) is 7.16. The summed E-state index contributed by atoms with van der Waals surface area (Å²) in [4.78, 5) is 2.21. The highest BCUT2D eigenvalue weighted by Gasteiger charge is 2.18. The monoisotopic (exact) mass is 260 g/mol. The first-order chi connectivity index (χ1) is 8.96. The molecule has 0 saturated heterocycles. The number of nitrogens with zero attached hydrogens (tertiary/aromatic N) is 2. The Hall–Kier alpha value is -1.53. The lowest BCUT2D eigenvalue weighted by Gasteiger charge is -2.24. The third-order valence-electron chi connectivity index (χ3n) is 2.98. The summed E-state index contributed by atoms with van der Waals surface area (Å²) in [5.41, 5.74) is 1.01. The first kappa shape index (κ1) is 15.5. The van der Waals surface area contributed by atoms with Crippen molar-refractivity contribution in [3.8, 4) is 11.8 Å². The molecule has 0 heterocycles. The van der Waals surface area contributed by atoms with Gasteiger partial charge < -0.3 is 9.64 Å². The molecule has 0 aliphatic rings. The van der Waals surface area contributed by atoms with E-state index >= 15 is 0 Å². The van der Waals surface area contributed by atoms with Crippen LogP contribution in [0.4, 0.5) is 0 Å². The van der Waals surface area contributed by atoms with Crippen LogP contribution in [0.15, 0.2) is 24.3 Å². The van der Waals surface area contributed by atoms with Crippen molar-refractivity contribution in [2.75, 3.05) is 26.7 Å². The number of benzene rings is 1. The molecular weight excluding hydrogens is 236 g/mol. The minimum atomic E-state index is -0.284. The molecule has 0 aliphatic heterocycles. The van der Waals surface area contributed by atoms with Gasteiger partial charge in [0.15, 0.2) is 0 Å². The first-order valence-electron chi connectivity index (χ1n) is 6.78. The Kier molecular flexibility index (Phi) is 5.85. The van der Waals surface area contributed by atoms with Crippen LogP contribution in [0, 0.1) is 16.7 Å². The Labute approximate surface area is 116 Å². The van der Waals surface area contributed by atoms with Crippen LogP contribution in [0.1, 0.15) is 26.3 Å². The standard InChI is InChI=1S/C16H24N2O/c1-5-19-15-8-6-14(7-9-15)10-11-18(4)13-16(2,3)12-17/h6-9H,5,10-11,13H2,1-4H3. The Bertz CT molecular complexity index is 417. The summed E-state index contributed by atoms with van der Waals surface area (Å²) in [6.07, 6.45) is 0.990. The number of nitriles is 1. The molecule has 3 heteroatoms. The molecule has 3 nitrogen and oxygen atoms in total. The highest BCUT2D eigenvalue weighted by atomic mass is 16.5. The van der Waals surface area contributed by atoms with Gasteiger partial charge in [-0.3, -0.25) is 0 Å². The molecule has 19 heavy (non-hydrogen) atoms. The van der Waals surface area contributed by atoms with Gasteiger partial charge in [0.2, 0.25) is 0 Å². The second-order valence-electron chi connectivity index (χ2n) is 5.56. The SMILES string of the molecule is CCOc1ccc(CCN(C)CC(C)(C)C#N)cc1. The molecule has 0 radical (unpaired) electrons. The maximum atomic E-state index is 9.02. The van der Waals surface area contributed by atoms with Gasteiger partial charge in [0.25, 0.3) is 0 Å². The van der Waals surface area contributed by atoms with Gasteiger partial charge in [-0.25, -0.2) is 0 Å². The molecular formula is C16H24N2O. The molecule has 104 valence electrons. The van der Waals surface area contributed by atoms with Crippen LogP contribution in [-0.2, 0) is 6.42 Å². The fourth-order valence-electron chi connectivity index (χ4n) is 2.03. The Morgan fingerprint density at radius 3 is 2.42 bits per heavy atom. The molecule has 1 aromatic rings. The third kappa shape index (κ3) is 5.76. The molecule has 0 aliphatic carbocycles. The molecule has 0 fully saturated rings. The zero-order chi connectivity index (χ0) is 14.3. The average molecular weight is 260 g/mol. The molecule has 0 saturated carbocycles. The van der Waals surface area contributed by atoms with E-state index < -0.39 is 0 Å². The molecule has 0 amide bonds. The van der Waals surface area contributed by atoms with Gasteiger partial charge in [-0.15, -0.1) is 0 Å². The van der Waals surface area contributed by atoms with Crippen LogP contribution >= 0.6 is 0 Å². The third-order valence-corrected chi connectivity index (χ3v) is 2.98. The summed E-state index contributed by atoms with van der Waals surface area (Å²) in [7, 11) is 2.06. The second-order valence-corrected chi connectivity index (χ2v) is 5.56. The molecule has 0 N–H and O–H groups in total. The lowest BCUT2D eigenvalue weighted by Crippen LogP contribution is -2.31. The summed E-state index contributed by atoms with van der Waals surface area (Å²) in [5, 5.41) is 9.02. The van der Waals surface area contributed by atoms with Crippen LogP contribution in [0.25, 0.3) is 0 Å². The summed E-state index contributed by atoms with van der Waals surface area (Å²) >= 11 is 0. The maximum absolute atomic E-state index is 9.02. The topological polar surface area (TPSA) is 36.3 Å². The van der Waals surface area contributed by atoms with E-state index in [9.17, 15) is 0 Å². The van der Waals surface area contributed by atoms with E-state index in [-0.39, 0.29) is 5.41 Å². The average Bonchev–Trinajstić information content (AvgIpc) is 2.38. The van der Waals surface area contributed by atoms with E-state index in [4.69, 9.17) is 10.00 Å². The van der Waals surface area contributed by atoms with Gasteiger partial charge >= 0.3 is 0 Å². The highest BCUT2D eigenvalue weighted by Crippen LogP contribution is 2.16. The molecule has 0 spiro atoms. The van der Waals surface area contributed by atoms with Crippen molar-refractivity contribution in [1.82, 2.24) is 4.90 Å². The summed E-state index contributed by atoms with van der Waals surface area (Å²) < 4.78 is 5.42. The minimum Gasteiger partial charge on any atom is -0.494 e. The molecule has 1 rings (SSSR count). The Balaban J connectivity index is 2.42. The van der Waals surface area contributed by atoms with Crippen LogP contribution in [0.3, 0.4) is 0 Å². The van der Waals surface area contributed by atoms with Crippen molar-refractivity contribution >= 4 is 0 Å². The van der Waals surface area contributed by atoms with Crippen molar-refractivity contribution in [3.05, 3.63) is 29.8 Å². The molecule has 0 atom stereocenters. The van der Waals surface area contributed by atoms with E-state index in [1.54, 1.807) is 0 Å². The van der Waals surface area contributed by atoms with Gasteiger partial charge in [0.1, 0.15) is 5.75 Å². The predicted molar refractivity (Wildman–Crippen MR) is 78.2 cm³/mol. The minimum absolute atomic E-state index is 0.284. The predicted octanol–water partition coefficient (Wildman–Crippen LogP) is 3.11. The van der Waals surface area contributed by atoms with Crippen LogP contribution in [-0.4, -0.2) is 31.6 Å². The van der Waals surface area contributed by atoms with Gasteiger partial charge in [-0.2, -0.15) is 5.26 Å². The lowest BCUT2D eigenvalue weighted by atomic mass is 9.95. The molecule has 0 bridgehead atoms. The fraction of sp³-hybridized carbons (Fsp3) is 0.562. The lowest BCUT2D eigenvalue weighted by molar-refractivity contribution is 0.258. The molecule has 0 unspecified atom stereocenters. The summed E-state index contributed by atoms with van der Waals surface area (Å²) in [6, 6.07) is 10.6. The summed E-state index contributed by atoms with van der Waals surface area (Å²) in [5.74, 6) is 0.921. The zero-order valence-electron chi connectivity index (χ0n) is 12.4. The number of hydrogen-bond acceptors (Lipinski definition) is 3. The van der Waals surface area contributed by atoms with E-state index in [2.05, 4.69) is 30.1 Å². The zero-order valence-corrected chi connectivity index (χ0v) is 12.4. The summed E-state index contributed by atoms with van der Waals surface area (Å²) in [6.45, 7) is 8.38. The van der Waals surface area contributed by atoms with Gasteiger partial charge in [-0.1, -0.05) is 12.1 Å². The molecule has 1 aromatic carbocycles. The normalized spacial score (nSPS) is 11.4. The Morgan fingerprint density at radius 1 is 1.26 bits per heavy atom.